The molecule has 1 N–H and O–H groups in total. The number of nitrogens with zero attached hydrogens (tertiary/aromatic N) is 2. The van der Waals surface area contributed by atoms with Crippen LogP contribution >= 0.6 is 0 Å². The van der Waals surface area contributed by atoms with E-state index in [-0.39, 0.29) is 24.6 Å². The van der Waals surface area contributed by atoms with Gasteiger partial charge < -0.3 is 9.84 Å². The molecule has 1 aliphatic carbocycles. The number of aliphatic hydroxyl groups is 1. The summed E-state index contributed by atoms with van der Waals surface area (Å²) >= 11 is 0. The van der Waals surface area contributed by atoms with Crippen LogP contribution < -0.4 is 0 Å². The summed E-state index contributed by atoms with van der Waals surface area (Å²) in [6.45, 7) is 9.23. The maximum atomic E-state index is 9.62. The summed E-state index contributed by atoms with van der Waals surface area (Å²) in [5.74, 6) is 0.764. The summed E-state index contributed by atoms with van der Waals surface area (Å²) in [5, 5.41) is 19.1. The van der Waals surface area contributed by atoms with E-state index in [1.165, 1.54) is 6.42 Å². The lowest BCUT2D eigenvalue weighted by Crippen LogP contribution is -2.56. The van der Waals surface area contributed by atoms with Crippen LogP contribution in [0.2, 0.25) is 0 Å². The van der Waals surface area contributed by atoms with Crippen molar-refractivity contribution in [1.82, 2.24) is 4.90 Å². The second-order valence-electron chi connectivity index (χ2n) is 7.30. The Balaban J connectivity index is 2.14. The van der Waals surface area contributed by atoms with Gasteiger partial charge in [0.2, 0.25) is 0 Å². The summed E-state index contributed by atoms with van der Waals surface area (Å²) < 4.78 is 5.49. The summed E-state index contributed by atoms with van der Waals surface area (Å²) in [7, 11) is 0. The van der Waals surface area contributed by atoms with Gasteiger partial charge in [0.15, 0.2) is 0 Å². The van der Waals surface area contributed by atoms with Crippen molar-refractivity contribution in [3.05, 3.63) is 0 Å². The van der Waals surface area contributed by atoms with Crippen LogP contribution in [0, 0.1) is 28.6 Å². The highest BCUT2D eigenvalue weighted by Gasteiger charge is 2.42. The van der Waals surface area contributed by atoms with Crippen LogP contribution in [0.15, 0.2) is 0 Å². The fourth-order valence-electron chi connectivity index (χ4n) is 3.92. The van der Waals surface area contributed by atoms with Crippen LogP contribution in [-0.4, -0.2) is 48.5 Å². The van der Waals surface area contributed by atoms with Crippen molar-refractivity contribution < 1.29 is 9.84 Å². The fraction of sp³-hybridized carbons (Fsp3) is 0.941. The molecule has 1 aliphatic heterocycles. The fourth-order valence-corrected chi connectivity index (χ4v) is 3.92. The normalized spacial score (nSPS) is 35.4. The quantitative estimate of drug-likeness (QED) is 0.865. The zero-order valence-electron chi connectivity index (χ0n) is 13.7. The van der Waals surface area contributed by atoms with E-state index in [9.17, 15) is 10.4 Å². The van der Waals surface area contributed by atoms with Crippen LogP contribution in [0.1, 0.15) is 46.5 Å². The Kier molecular flexibility index (Phi) is 5.65. The Bertz CT molecular complexity index is 377. The van der Waals surface area contributed by atoms with Crippen molar-refractivity contribution in [3.8, 4) is 6.07 Å². The highest BCUT2D eigenvalue weighted by molar-refractivity contribution is 5.01. The molecule has 0 aromatic rings. The largest absolute Gasteiger partial charge is 0.395 e. The number of hydrogen-bond donors (Lipinski definition) is 1. The third-order valence-corrected chi connectivity index (χ3v) is 5.91. The monoisotopic (exact) mass is 294 g/mol. The molecule has 4 heteroatoms. The van der Waals surface area contributed by atoms with Crippen molar-refractivity contribution >= 4 is 0 Å². The lowest BCUT2D eigenvalue weighted by Gasteiger charge is -2.48. The van der Waals surface area contributed by atoms with Crippen LogP contribution in [0.4, 0.5) is 0 Å². The van der Waals surface area contributed by atoms with Gasteiger partial charge in [-0.3, -0.25) is 4.90 Å². The summed E-state index contributed by atoms with van der Waals surface area (Å²) in [5.41, 5.74) is 0.333. The molecular weight excluding hydrogens is 264 g/mol. The lowest BCUT2D eigenvalue weighted by molar-refractivity contribution is -0.0708. The number of ether oxygens (including phenoxy) is 1. The van der Waals surface area contributed by atoms with Gasteiger partial charge in [-0.15, -0.1) is 0 Å². The van der Waals surface area contributed by atoms with E-state index < -0.39 is 0 Å². The lowest BCUT2D eigenvalue weighted by atomic mass is 9.65. The Morgan fingerprint density at radius 3 is 2.76 bits per heavy atom. The van der Waals surface area contributed by atoms with Crippen LogP contribution in [-0.2, 0) is 4.74 Å². The van der Waals surface area contributed by atoms with Crippen LogP contribution in [0.5, 0.6) is 0 Å². The van der Waals surface area contributed by atoms with E-state index in [0.717, 1.165) is 25.8 Å². The van der Waals surface area contributed by atoms with Crippen LogP contribution in [0.25, 0.3) is 0 Å². The first kappa shape index (κ1) is 16.7. The van der Waals surface area contributed by atoms with Gasteiger partial charge in [0, 0.05) is 12.6 Å². The number of nitriles is 1. The maximum Gasteiger partial charge on any atom is 0.0672 e. The molecule has 4 atom stereocenters. The molecule has 2 rings (SSSR count). The molecule has 1 saturated heterocycles. The first-order valence-electron chi connectivity index (χ1n) is 8.37. The van der Waals surface area contributed by atoms with Gasteiger partial charge in [-0.2, -0.15) is 5.26 Å². The topological polar surface area (TPSA) is 56.5 Å². The zero-order valence-corrected chi connectivity index (χ0v) is 13.7. The molecule has 0 aromatic heterocycles. The Labute approximate surface area is 129 Å². The number of aliphatic hydroxyl groups excluding tert-OH is 1. The SMILES string of the molecule is CCC(C)(C)C1CCC(C#N)C(N2CCOCC2CO)C1. The average Bonchev–Trinajstić information content (AvgIpc) is 2.54. The predicted molar refractivity (Wildman–Crippen MR) is 82.7 cm³/mol. The highest BCUT2D eigenvalue weighted by Crippen LogP contribution is 2.44. The summed E-state index contributed by atoms with van der Waals surface area (Å²) in [4.78, 5) is 2.36. The molecule has 4 unspecified atom stereocenters. The highest BCUT2D eigenvalue weighted by atomic mass is 16.5. The van der Waals surface area contributed by atoms with E-state index in [1.807, 2.05) is 0 Å². The molecule has 1 saturated carbocycles. The smallest absolute Gasteiger partial charge is 0.0672 e. The molecule has 0 aromatic carbocycles. The van der Waals surface area contributed by atoms with Gasteiger partial charge in [-0.25, -0.2) is 0 Å². The molecule has 0 bridgehead atoms. The molecule has 0 amide bonds. The third kappa shape index (κ3) is 3.59. The van der Waals surface area contributed by atoms with Gasteiger partial charge in [-0.1, -0.05) is 27.2 Å². The van der Waals surface area contributed by atoms with Crippen molar-refractivity contribution in [1.29, 1.82) is 5.26 Å². The second kappa shape index (κ2) is 7.09. The van der Waals surface area contributed by atoms with Crippen molar-refractivity contribution in [2.45, 2.75) is 58.5 Å². The molecule has 120 valence electrons. The van der Waals surface area contributed by atoms with Gasteiger partial charge >= 0.3 is 0 Å². The molecule has 1 heterocycles. The maximum absolute atomic E-state index is 9.62. The molecule has 2 aliphatic rings. The first-order valence-corrected chi connectivity index (χ1v) is 8.37. The average molecular weight is 294 g/mol. The Morgan fingerprint density at radius 1 is 1.38 bits per heavy atom. The zero-order chi connectivity index (χ0) is 15.5. The molecular formula is C17H30N2O2. The molecule has 0 radical (unpaired) electrons. The molecule has 2 fully saturated rings. The summed E-state index contributed by atoms with van der Waals surface area (Å²) in [6.07, 6.45) is 4.40. The predicted octanol–water partition coefficient (Wildman–Crippen LogP) is 2.42. The molecule has 0 spiro atoms. The second-order valence-corrected chi connectivity index (χ2v) is 7.30. The first-order chi connectivity index (χ1) is 10.0. The third-order valence-electron chi connectivity index (χ3n) is 5.91. The van der Waals surface area contributed by atoms with Crippen molar-refractivity contribution in [2.24, 2.45) is 17.3 Å². The Morgan fingerprint density at radius 2 is 2.14 bits per heavy atom. The van der Waals surface area contributed by atoms with E-state index in [1.54, 1.807) is 0 Å². The Hall–Kier alpha value is -0.630. The van der Waals surface area contributed by atoms with E-state index in [0.29, 0.717) is 24.5 Å². The minimum absolute atomic E-state index is 0.0584. The van der Waals surface area contributed by atoms with Crippen LogP contribution in [0.3, 0.4) is 0 Å². The van der Waals surface area contributed by atoms with Gasteiger partial charge in [0.05, 0.1) is 37.8 Å². The minimum atomic E-state index is 0.0584. The van der Waals surface area contributed by atoms with E-state index in [2.05, 4.69) is 31.7 Å². The van der Waals surface area contributed by atoms with E-state index in [4.69, 9.17) is 4.74 Å². The molecule has 4 nitrogen and oxygen atoms in total. The summed E-state index contributed by atoms with van der Waals surface area (Å²) in [6, 6.07) is 2.86. The number of hydrogen-bond acceptors (Lipinski definition) is 4. The number of morpholine rings is 1. The molecule has 21 heavy (non-hydrogen) atoms. The van der Waals surface area contributed by atoms with Crippen molar-refractivity contribution in [2.75, 3.05) is 26.4 Å². The van der Waals surface area contributed by atoms with Crippen molar-refractivity contribution in [3.63, 3.8) is 0 Å². The van der Waals surface area contributed by atoms with E-state index >= 15 is 0 Å². The number of rotatable bonds is 4. The minimum Gasteiger partial charge on any atom is -0.395 e. The van der Waals surface area contributed by atoms with Gasteiger partial charge in [0.25, 0.3) is 0 Å². The standard InChI is InChI=1S/C17H30N2O2/c1-4-17(2,3)14-6-5-13(10-18)16(9-14)19-7-8-21-12-15(19)11-20/h13-16,20H,4-9,11-12H2,1-3H3. The van der Waals surface area contributed by atoms with Gasteiger partial charge in [0.1, 0.15) is 0 Å². The van der Waals surface area contributed by atoms with Gasteiger partial charge in [-0.05, 0) is 30.6 Å².